The maximum absolute atomic E-state index is 13.1. The van der Waals surface area contributed by atoms with Gasteiger partial charge in [0.25, 0.3) is 17.7 Å². The van der Waals surface area contributed by atoms with Gasteiger partial charge in [-0.05, 0) is 44.2 Å². The van der Waals surface area contributed by atoms with Crippen molar-refractivity contribution in [3.8, 4) is 0 Å². The summed E-state index contributed by atoms with van der Waals surface area (Å²) in [5.41, 5.74) is 1.48. The second kappa shape index (κ2) is 7.59. The maximum atomic E-state index is 13.1. The minimum absolute atomic E-state index is 0.213. The topological polar surface area (TPSA) is 92.8 Å². The molecule has 1 aliphatic rings. The molecule has 1 atom stereocenters. The monoisotopic (exact) mass is 384 g/mol. The zero-order valence-corrected chi connectivity index (χ0v) is 15.2. The number of ether oxygens (including phenoxy) is 1. The first-order valence-corrected chi connectivity index (χ1v) is 8.48. The van der Waals surface area contributed by atoms with Gasteiger partial charge in [-0.15, -0.1) is 0 Å². The zero-order chi connectivity index (χ0) is 20.4. The number of imide groups is 1. The maximum Gasteiger partial charge on any atom is 0.329 e. The molecule has 0 bridgehead atoms. The lowest BCUT2D eigenvalue weighted by Crippen LogP contribution is -2.44. The standard InChI is InChI=1S/C20H17FN2O5/c1-11-6-7-15-16(8-11)19(26)23(18(15)25)12(2)20(27)28-10-17(24)22-14-5-3-4-13(21)9-14/h3-9,12H,10H2,1-2H3,(H,22,24). The van der Waals surface area contributed by atoms with Crippen molar-refractivity contribution >= 4 is 29.4 Å². The molecule has 0 spiro atoms. The molecule has 8 heteroatoms. The number of nitrogens with zero attached hydrogens (tertiary/aromatic N) is 1. The summed E-state index contributed by atoms with van der Waals surface area (Å²) in [6.45, 7) is 2.50. The highest BCUT2D eigenvalue weighted by atomic mass is 19.1. The number of carbonyl (C=O) groups is 4. The highest BCUT2D eigenvalue weighted by molar-refractivity contribution is 6.22. The van der Waals surface area contributed by atoms with Gasteiger partial charge < -0.3 is 10.1 Å². The number of fused-ring (bicyclic) bond motifs is 1. The molecule has 144 valence electrons. The first-order chi connectivity index (χ1) is 13.3. The van der Waals surface area contributed by atoms with Gasteiger partial charge in [-0.3, -0.25) is 19.3 Å². The Hall–Kier alpha value is -3.55. The lowest BCUT2D eigenvalue weighted by Gasteiger charge is -2.20. The molecule has 1 unspecified atom stereocenters. The van der Waals surface area contributed by atoms with Crippen LogP contribution in [0.25, 0.3) is 0 Å². The summed E-state index contributed by atoms with van der Waals surface area (Å²) in [5.74, 6) is -3.28. The molecule has 1 N–H and O–H groups in total. The van der Waals surface area contributed by atoms with Crippen LogP contribution < -0.4 is 5.32 Å². The van der Waals surface area contributed by atoms with Crippen molar-refractivity contribution in [2.45, 2.75) is 19.9 Å². The van der Waals surface area contributed by atoms with E-state index in [1.807, 2.05) is 0 Å². The van der Waals surface area contributed by atoms with Gasteiger partial charge >= 0.3 is 5.97 Å². The van der Waals surface area contributed by atoms with Gasteiger partial charge in [0.05, 0.1) is 11.1 Å². The number of nitrogens with one attached hydrogen (secondary N) is 1. The van der Waals surface area contributed by atoms with Crippen molar-refractivity contribution in [1.82, 2.24) is 4.90 Å². The van der Waals surface area contributed by atoms with Crippen LogP contribution in [0.15, 0.2) is 42.5 Å². The van der Waals surface area contributed by atoms with Crippen LogP contribution >= 0.6 is 0 Å². The van der Waals surface area contributed by atoms with E-state index in [0.29, 0.717) is 0 Å². The van der Waals surface area contributed by atoms with Crippen LogP contribution in [0.4, 0.5) is 10.1 Å². The molecular formula is C20H17FN2O5. The van der Waals surface area contributed by atoms with E-state index in [9.17, 15) is 23.6 Å². The Morgan fingerprint density at radius 2 is 1.82 bits per heavy atom. The number of carbonyl (C=O) groups excluding carboxylic acids is 4. The Kier molecular flexibility index (Phi) is 5.21. The van der Waals surface area contributed by atoms with Gasteiger partial charge in [0.2, 0.25) is 0 Å². The van der Waals surface area contributed by atoms with Gasteiger partial charge in [0.1, 0.15) is 11.9 Å². The molecule has 0 fully saturated rings. The number of rotatable bonds is 5. The van der Waals surface area contributed by atoms with E-state index in [-0.39, 0.29) is 16.8 Å². The SMILES string of the molecule is Cc1ccc2c(c1)C(=O)N(C(C)C(=O)OCC(=O)Nc1cccc(F)c1)C2=O. The van der Waals surface area contributed by atoms with Crippen LogP contribution in [0, 0.1) is 12.7 Å². The van der Waals surface area contributed by atoms with Gasteiger partial charge in [-0.25, -0.2) is 9.18 Å². The van der Waals surface area contributed by atoms with Gasteiger partial charge in [0.15, 0.2) is 6.61 Å². The average Bonchev–Trinajstić information content (AvgIpc) is 2.89. The summed E-state index contributed by atoms with van der Waals surface area (Å²) in [6, 6.07) is 8.86. The van der Waals surface area contributed by atoms with Crippen LogP contribution in [-0.2, 0) is 14.3 Å². The molecule has 0 aliphatic carbocycles. The van der Waals surface area contributed by atoms with Crippen molar-refractivity contribution < 1.29 is 28.3 Å². The van der Waals surface area contributed by atoms with Crippen molar-refractivity contribution in [2.75, 3.05) is 11.9 Å². The molecule has 0 radical (unpaired) electrons. The summed E-state index contributed by atoms with van der Waals surface area (Å²) >= 11 is 0. The Balaban J connectivity index is 1.61. The molecule has 28 heavy (non-hydrogen) atoms. The van der Waals surface area contributed by atoms with E-state index in [2.05, 4.69) is 5.32 Å². The second-order valence-electron chi connectivity index (χ2n) is 6.37. The number of anilines is 1. The summed E-state index contributed by atoms with van der Waals surface area (Å²) in [5, 5.41) is 2.38. The predicted molar refractivity (Wildman–Crippen MR) is 97.1 cm³/mol. The minimum atomic E-state index is -1.20. The third-order valence-corrected chi connectivity index (χ3v) is 4.26. The molecule has 0 saturated heterocycles. The normalized spacial score (nSPS) is 13.9. The molecule has 0 aromatic heterocycles. The molecular weight excluding hydrogens is 367 g/mol. The van der Waals surface area contributed by atoms with E-state index in [0.717, 1.165) is 16.5 Å². The number of esters is 1. The van der Waals surface area contributed by atoms with Crippen LogP contribution in [-0.4, -0.2) is 41.2 Å². The number of benzene rings is 2. The fourth-order valence-corrected chi connectivity index (χ4v) is 2.85. The van der Waals surface area contributed by atoms with Crippen molar-refractivity contribution in [3.05, 3.63) is 65.0 Å². The fourth-order valence-electron chi connectivity index (χ4n) is 2.85. The van der Waals surface area contributed by atoms with E-state index in [1.165, 1.54) is 31.2 Å². The zero-order valence-electron chi connectivity index (χ0n) is 15.2. The average molecular weight is 384 g/mol. The quantitative estimate of drug-likeness (QED) is 0.631. The molecule has 3 amide bonds. The van der Waals surface area contributed by atoms with E-state index < -0.39 is 42.2 Å². The van der Waals surface area contributed by atoms with E-state index >= 15 is 0 Å². The van der Waals surface area contributed by atoms with Gasteiger partial charge in [-0.1, -0.05) is 17.7 Å². The summed E-state index contributed by atoms with van der Waals surface area (Å²) < 4.78 is 18.0. The number of aryl methyl sites for hydroxylation is 1. The lowest BCUT2D eigenvalue weighted by molar-refractivity contribution is -0.150. The molecule has 0 saturated carbocycles. The number of amides is 3. The lowest BCUT2D eigenvalue weighted by atomic mass is 10.1. The number of hydrogen-bond donors (Lipinski definition) is 1. The summed E-state index contributed by atoms with van der Waals surface area (Å²) in [4.78, 5) is 49.9. The molecule has 2 aromatic carbocycles. The Morgan fingerprint density at radius 3 is 2.54 bits per heavy atom. The van der Waals surface area contributed by atoms with Crippen molar-refractivity contribution in [2.24, 2.45) is 0 Å². The van der Waals surface area contributed by atoms with Crippen LogP contribution in [0.5, 0.6) is 0 Å². The summed E-state index contributed by atoms with van der Waals surface area (Å²) in [7, 11) is 0. The second-order valence-corrected chi connectivity index (χ2v) is 6.37. The number of hydrogen-bond acceptors (Lipinski definition) is 5. The van der Waals surface area contributed by atoms with Crippen LogP contribution in [0.3, 0.4) is 0 Å². The van der Waals surface area contributed by atoms with Gasteiger partial charge in [0, 0.05) is 5.69 Å². The number of halogens is 1. The highest BCUT2D eigenvalue weighted by Crippen LogP contribution is 2.26. The Labute approximate surface area is 160 Å². The first kappa shape index (κ1) is 19.2. The van der Waals surface area contributed by atoms with E-state index in [1.54, 1.807) is 19.1 Å². The van der Waals surface area contributed by atoms with Gasteiger partial charge in [-0.2, -0.15) is 0 Å². The third-order valence-electron chi connectivity index (χ3n) is 4.26. The van der Waals surface area contributed by atoms with E-state index in [4.69, 9.17) is 4.74 Å². The molecule has 3 rings (SSSR count). The molecule has 1 aliphatic heterocycles. The molecule has 2 aromatic rings. The first-order valence-electron chi connectivity index (χ1n) is 8.48. The predicted octanol–water partition coefficient (Wildman–Crippen LogP) is 2.30. The smallest absolute Gasteiger partial charge is 0.329 e. The third kappa shape index (κ3) is 3.75. The molecule has 7 nitrogen and oxygen atoms in total. The van der Waals surface area contributed by atoms with Crippen molar-refractivity contribution in [3.63, 3.8) is 0 Å². The Morgan fingerprint density at radius 1 is 1.11 bits per heavy atom. The van der Waals surface area contributed by atoms with Crippen LogP contribution in [0.1, 0.15) is 33.2 Å². The molecule has 1 heterocycles. The fraction of sp³-hybridized carbons (Fsp3) is 0.200. The Bertz CT molecular complexity index is 988. The summed E-state index contributed by atoms with van der Waals surface area (Å²) in [6.07, 6.45) is 0. The van der Waals surface area contributed by atoms with Crippen molar-refractivity contribution in [1.29, 1.82) is 0 Å². The largest absolute Gasteiger partial charge is 0.454 e. The van der Waals surface area contributed by atoms with Crippen LogP contribution in [0.2, 0.25) is 0 Å². The minimum Gasteiger partial charge on any atom is -0.454 e. The highest BCUT2D eigenvalue weighted by Gasteiger charge is 2.41.